The second-order valence-electron chi connectivity index (χ2n) is 3.46. The van der Waals surface area contributed by atoms with Gasteiger partial charge in [-0.15, -0.1) is 0 Å². The molecule has 0 fully saturated rings. The highest BCUT2D eigenvalue weighted by Crippen LogP contribution is 2.24. The van der Waals surface area contributed by atoms with E-state index in [-0.39, 0.29) is 0 Å². The molecule has 0 heterocycles. The highest BCUT2D eigenvalue weighted by Gasteiger charge is 2.23. The number of methoxy groups -OCH3 is 1. The van der Waals surface area contributed by atoms with Crippen molar-refractivity contribution in [3.63, 3.8) is 0 Å². The summed E-state index contributed by atoms with van der Waals surface area (Å²) < 4.78 is 4.60. The minimum absolute atomic E-state index is 0.430. The van der Waals surface area contributed by atoms with E-state index in [0.717, 1.165) is 31.3 Å². The third-order valence-electron chi connectivity index (χ3n) is 2.51. The van der Waals surface area contributed by atoms with Gasteiger partial charge in [-0.1, -0.05) is 12.5 Å². The molecule has 0 aromatic carbocycles. The van der Waals surface area contributed by atoms with Crippen LogP contribution < -0.4 is 0 Å². The van der Waals surface area contributed by atoms with Gasteiger partial charge in [0.05, 0.1) is 13.2 Å². The Hall–Kier alpha value is -1.30. The van der Waals surface area contributed by atoms with Gasteiger partial charge in [-0.05, 0) is 31.3 Å². The number of nitrogens with zero attached hydrogens (tertiary/aromatic N) is 1. The van der Waals surface area contributed by atoms with E-state index in [1.54, 1.807) is 0 Å². The Morgan fingerprint density at radius 2 is 2.36 bits per heavy atom. The summed E-state index contributed by atoms with van der Waals surface area (Å²) in [7, 11) is 1.32. The maximum Gasteiger partial charge on any atom is 0.327 e. The van der Waals surface area contributed by atoms with Crippen LogP contribution in [0.3, 0.4) is 0 Å². The minimum Gasteiger partial charge on any atom is -0.468 e. The Balaban J connectivity index is 2.73. The molecule has 1 unspecified atom stereocenters. The van der Waals surface area contributed by atoms with E-state index in [0.29, 0.717) is 0 Å². The Bertz CT molecular complexity index is 276. The van der Waals surface area contributed by atoms with Gasteiger partial charge in [-0.25, -0.2) is 0 Å². The normalized spacial score (nSPS) is 18.7. The summed E-state index contributed by atoms with van der Waals surface area (Å²) in [6, 6.07) is 2.01. The molecule has 76 valence electrons. The monoisotopic (exact) mass is 193 g/mol. The molecular weight excluding hydrogens is 178 g/mol. The van der Waals surface area contributed by atoms with Crippen LogP contribution >= 0.6 is 0 Å². The molecule has 0 saturated heterocycles. The van der Waals surface area contributed by atoms with Gasteiger partial charge in [0.1, 0.15) is 0 Å². The van der Waals surface area contributed by atoms with Crippen LogP contribution in [0.1, 0.15) is 32.1 Å². The van der Waals surface area contributed by atoms with Crippen LogP contribution in [0.5, 0.6) is 0 Å². The number of carbonyl (C=O) groups excluding carboxylic acids is 1. The Labute approximate surface area is 84.4 Å². The number of hydrogen-bond acceptors (Lipinski definition) is 3. The van der Waals surface area contributed by atoms with Crippen molar-refractivity contribution in [3.8, 4) is 6.07 Å². The molecule has 1 atom stereocenters. The molecule has 0 spiro atoms. The molecule has 1 aliphatic rings. The van der Waals surface area contributed by atoms with Crippen LogP contribution in [0.15, 0.2) is 11.6 Å². The van der Waals surface area contributed by atoms with Crippen molar-refractivity contribution in [1.82, 2.24) is 0 Å². The minimum atomic E-state index is -0.682. The third-order valence-corrected chi connectivity index (χ3v) is 2.51. The second kappa shape index (κ2) is 5.43. The lowest BCUT2D eigenvalue weighted by molar-refractivity contribution is -0.142. The molecule has 1 aliphatic carbocycles. The lowest BCUT2D eigenvalue weighted by Gasteiger charge is -2.09. The van der Waals surface area contributed by atoms with Crippen molar-refractivity contribution in [2.75, 3.05) is 7.11 Å². The summed E-state index contributed by atoms with van der Waals surface area (Å²) in [6.45, 7) is 0. The van der Waals surface area contributed by atoms with Gasteiger partial charge in [0.2, 0.25) is 0 Å². The zero-order valence-electron chi connectivity index (χ0n) is 8.45. The van der Waals surface area contributed by atoms with Crippen LogP contribution in [-0.4, -0.2) is 13.1 Å². The van der Waals surface area contributed by atoms with Crippen molar-refractivity contribution in [1.29, 1.82) is 5.26 Å². The third kappa shape index (κ3) is 2.59. The predicted octanol–water partition coefficient (Wildman–Crippen LogP) is 2.19. The molecule has 0 amide bonds. The zero-order valence-corrected chi connectivity index (χ0v) is 8.45. The van der Waals surface area contributed by atoms with Gasteiger partial charge < -0.3 is 4.74 Å². The van der Waals surface area contributed by atoms with Crippen LogP contribution in [0, 0.1) is 17.2 Å². The van der Waals surface area contributed by atoms with E-state index in [2.05, 4.69) is 4.74 Å². The molecule has 0 aromatic heterocycles. The molecule has 3 heteroatoms. The molecule has 0 saturated carbocycles. The molecule has 0 radical (unpaired) electrons. The van der Waals surface area contributed by atoms with Gasteiger partial charge >= 0.3 is 5.97 Å². The maximum atomic E-state index is 11.3. The SMILES string of the molecule is COC(=O)C(C#N)C1=CCCCCC1. The van der Waals surface area contributed by atoms with Gasteiger partial charge in [0, 0.05) is 0 Å². The largest absolute Gasteiger partial charge is 0.468 e. The lowest BCUT2D eigenvalue weighted by atomic mass is 9.96. The van der Waals surface area contributed by atoms with E-state index in [1.807, 2.05) is 12.1 Å². The number of ether oxygens (including phenoxy) is 1. The van der Waals surface area contributed by atoms with Gasteiger partial charge in [0.25, 0.3) is 0 Å². The maximum absolute atomic E-state index is 11.3. The van der Waals surface area contributed by atoms with Crippen LogP contribution in [0.4, 0.5) is 0 Å². The highest BCUT2D eigenvalue weighted by molar-refractivity contribution is 5.78. The van der Waals surface area contributed by atoms with Crippen molar-refractivity contribution >= 4 is 5.97 Å². The van der Waals surface area contributed by atoms with Crippen molar-refractivity contribution in [3.05, 3.63) is 11.6 Å². The summed E-state index contributed by atoms with van der Waals surface area (Å²) in [4.78, 5) is 11.3. The fourth-order valence-electron chi connectivity index (χ4n) is 1.71. The molecule has 0 bridgehead atoms. The molecule has 3 nitrogen and oxygen atoms in total. The Morgan fingerprint density at radius 1 is 1.57 bits per heavy atom. The Morgan fingerprint density at radius 3 is 3.00 bits per heavy atom. The number of nitriles is 1. The number of rotatable bonds is 2. The lowest BCUT2D eigenvalue weighted by Crippen LogP contribution is -2.16. The van der Waals surface area contributed by atoms with E-state index in [1.165, 1.54) is 13.5 Å². The number of esters is 1. The fourth-order valence-corrected chi connectivity index (χ4v) is 1.71. The van der Waals surface area contributed by atoms with Crippen molar-refractivity contribution in [2.45, 2.75) is 32.1 Å². The highest BCUT2D eigenvalue weighted by atomic mass is 16.5. The van der Waals surface area contributed by atoms with Crippen LogP contribution in [-0.2, 0) is 9.53 Å². The van der Waals surface area contributed by atoms with Crippen molar-refractivity contribution < 1.29 is 9.53 Å². The Kier molecular flexibility index (Phi) is 4.18. The van der Waals surface area contributed by atoms with Crippen molar-refractivity contribution in [2.24, 2.45) is 5.92 Å². The average molecular weight is 193 g/mol. The second-order valence-corrected chi connectivity index (χ2v) is 3.46. The summed E-state index contributed by atoms with van der Waals surface area (Å²) in [5, 5.41) is 8.88. The van der Waals surface area contributed by atoms with Crippen LogP contribution in [0.25, 0.3) is 0 Å². The first-order chi connectivity index (χ1) is 6.79. The topological polar surface area (TPSA) is 50.1 Å². The number of allylic oxidation sites excluding steroid dienone is 1. The van der Waals surface area contributed by atoms with E-state index >= 15 is 0 Å². The van der Waals surface area contributed by atoms with E-state index in [4.69, 9.17) is 5.26 Å². The molecule has 0 aromatic rings. The first kappa shape index (κ1) is 10.8. The molecule has 14 heavy (non-hydrogen) atoms. The van der Waals surface area contributed by atoms with Gasteiger partial charge in [0.15, 0.2) is 5.92 Å². The first-order valence-electron chi connectivity index (χ1n) is 4.96. The summed E-state index contributed by atoms with van der Waals surface area (Å²) in [5.74, 6) is -1.11. The standard InChI is InChI=1S/C11H15NO2/c1-14-11(13)10(8-12)9-6-4-2-3-5-7-9/h6,10H,2-5,7H2,1H3. The number of hydrogen-bond donors (Lipinski definition) is 0. The van der Waals surface area contributed by atoms with Gasteiger partial charge in [-0.3, -0.25) is 4.79 Å². The summed E-state index contributed by atoms with van der Waals surface area (Å²) in [6.07, 6.45) is 7.26. The summed E-state index contributed by atoms with van der Waals surface area (Å²) in [5.41, 5.74) is 0.942. The fraction of sp³-hybridized carbons (Fsp3) is 0.636. The first-order valence-corrected chi connectivity index (χ1v) is 4.96. The molecule has 0 aliphatic heterocycles. The molecule has 0 N–H and O–H groups in total. The van der Waals surface area contributed by atoms with Gasteiger partial charge in [-0.2, -0.15) is 5.26 Å². The zero-order chi connectivity index (χ0) is 10.4. The van der Waals surface area contributed by atoms with E-state index in [9.17, 15) is 4.79 Å². The van der Waals surface area contributed by atoms with E-state index < -0.39 is 11.9 Å². The predicted molar refractivity (Wildman–Crippen MR) is 52.3 cm³/mol. The molecular formula is C11H15NO2. The van der Waals surface area contributed by atoms with Crippen LogP contribution in [0.2, 0.25) is 0 Å². The number of carbonyl (C=O) groups is 1. The smallest absolute Gasteiger partial charge is 0.327 e. The molecule has 1 rings (SSSR count). The quantitative estimate of drug-likeness (QED) is 0.499. The summed E-state index contributed by atoms with van der Waals surface area (Å²) >= 11 is 0. The average Bonchev–Trinajstić information content (AvgIpc) is 2.47.